The van der Waals surface area contributed by atoms with Gasteiger partial charge in [0, 0.05) is 18.8 Å². The molecule has 0 radical (unpaired) electrons. The monoisotopic (exact) mass is 283 g/mol. The highest BCUT2D eigenvalue weighted by Crippen LogP contribution is 2.47. The number of allylic oxidation sites excluding steroid dienone is 2. The summed E-state index contributed by atoms with van der Waals surface area (Å²) in [6, 6.07) is 8.95. The van der Waals surface area contributed by atoms with Crippen LogP contribution in [0, 0.1) is 11.3 Å². The molecule has 1 fully saturated rings. The number of para-hydroxylation sites is 1. The molecular formula is C17H17NO3. The van der Waals surface area contributed by atoms with E-state index in [1.54, 1.807) is 37.3 Å². The predicted octanol–water partition coefficient (Wildman–Crippen LogP) is 2.49. The maximum atomic E-state index is 12.8. The summed E-state index contributed by atoms with van der Waals surface area (Å²) in [6.45, 7) is 3.67. The van der Waals surface area contributed by atoms with Crippen molar-refractivity contribution < 1.29 is 14.4 Å². The van der Waals surface area contributed by atoms with Gasteiger partial charge in [0.1, 0.15) is 0 Å². The molecule has 1 aliphatic carbocycles. The zero-order valence-electron chi connectivity index (χ0n) is 12.1. The van der Waals surface area contributed by atoms with Gasteiger partial charge in [0.2, 0.25) is 11.8 Å². The predicted molar refractivity (Wildman–Crippen MR) is 78.5 cm³/mol. The summed E-state index contributed by atoms with van der Waals surface area (Å²) in [5.74, 6) is -0.528. The van der Waals surface area contributed by atoms with Gasteiger partial charge in [-0.2, -0.15) is 0 Å². The molecule has 1 aliphatic heterocycles. The topological polar surface area (TPSA) is 54.5 Å². The van der Waals surface area contributed by atoms with Crippen LogP contribution < -0.4 is 4.90 Å². The van der Waals surface area contributed by atoms with Crippen molar-refractivity contribution in [3.05, 3.63) is 42.0 Å². The fourth-order valence-corrected chi connectivity index (χ4v) is 3.45. The van der Waals surface area contributed by atoms with Crippen LogP contribution in [0.1, 0.15) is 26.7 Å². The van der Waals surface area contributed by atoms with Gasteiger partial charge >= 0.3 is 0 Å². The SMILES string of the molecule is CC1=CC(=O)C[C@@H]1[C@]1(C)CC(=O)N(c2ccccc2)C1=O. The average molecular weight is 283 g/mol. The average Bonchev–Trinajstić information content (AvgIpc) is 2.89. The molecule has 1 heterocycles. The molecule has 21 heavy (non-hydrogen) atoms. The Hall–Kier alpha value is -2.23. The van der Waals surface area contributed by atoms with E-state index >= 15 is 0 Å². The van der Waals surface area contributed by atoms with Gasteiger partial charge in [0.15, 0.2) is 5.78 Å². The smallest absolute Gasteiger partial charge is 0.240 e. The number of benzene rings is 1. The second-order valence-electron chi connectivity index (χ2n) is 6.08. The number of hydrogen-bond acceptors (Lipinski definition) is 3. The molecule has 108 valence electrons. The maximum Gasteiger partial charge on any atom is 0.240 e. The molecule has 1 aromatic carbocycles. The Morgan fingerprint density at radius 1 is 1.14 bits per heavy atom. The minimum atomic E-state index is -0.820. The lowest BCUT2D eigenvalue weighted by Crippen LogP contribution is -2.38. The summed E-state index contributed by atoms with van der Waals surface area (Å²) in [4.78, 5) is 38.1. The Bertz CT molecular complexity index is 662. The minimum absolute atomic E-state index is 0.0390. The molecule has 0 unspecified atom stereocenters. The third-order valence-electron chi connectivity index (χ3n) is 4.59. The van der Waals surface area contributed by atoms with Crippen LogP contribution in [0.3, 0.4) is 0 Å². The normalized spacial score (nSPS) is 29.2. The van der Waals surface area contributed by atoms with Crippen molar-refractivity contribution in [3.63, 3.8) is 0 Å². The molecule has 0 N–H and O–H groups in total. The van der Waals surface area contributed by atoms with Crippen molar-refractivity contribution in [1.29, 1.82) is 0 Å². The second kappa shape index (κ2) is 4.65. The van der Waals surface area contributed by atoms with Crippen molar-refractivity contribution in [1.82, 2.24) is 0 Å². The van der Waals surface area contributed by atoms with Gasteiger partial charge < -0.3 is 0 Å². The number of anilines is 1. The van der Waals surface area contributed by atoms with Crippen LogP contribution in [-0.4, -0.2) is 17.6 Å². The van der Waals surface area contributed by atoms with E-state index in [1.165, 1.54) is 4.90 Å². The zero-order valence-corrected chi connectivity index (χ0v) is 12.1. The Morgan fingerprint density at radius 2 is 1.81 bits per heavy atom. The van der Waals surface area contributed by atoms with Crippen molar-refractivity contribution in [2.24, 2.45) is 11.3 Å². The standard InChI is InChI=1S/C17H17NO3/c1-11-8-13(19)9-14(11)17(2)10-15(20)18(16(17)21)12-6-4-3-5-7-12/h3-8,14H,9-10H2,1-2H3/t14-,17-/m0/s1. The molecule has 0 saturated carbocycles. The largest absolute Gasteiger partial charge is 0.295 e. The molecule has 1 saturated heterocycles. The first-order chi connectivity index (χ1) is 9.93. The van der Waals surface area contributed by atoms with Crippen LogP contribution in [0.4, 0.5) is 5.69 Å². The molecule has 0 bridgehead atoms. The fourth-order valence-electron chi connectivity index (χ4n) is 3.45. The Morgan fingerprint density at radius 3 is 2.38 bits per heavy atom. The van der Waals surface area contributed by atoms with Crippen LogP contribution in [-0.2, 0) is 14.4 Å². The second-order valence-corrected chi connectivity index (χ2v) is 6.08. The summed E-state index contributed by atoms with van der Waals surface area (Å²) in [5, 5.41) is 0. The Balaban J connectivity index is 1.97. The van der Waals surface area contributed by atoms with Crippen molar-refractivity contribution in [2.45, 2.75) is 26.7 Å². The van der Waals surface area contributed by atoms with E-state index in [0.717, 1.165) is 5.57 Å². The Labute approximate surface area is 123 Å². The van der Waals surface area contributed by atoms with Crippen molar-refractivity contribution in [2.75, 3.05) is 4.90 Å². The molecule has 0 spiro atoms. The lowest BCUT2D eigenvalue weighted by atomic mass is 9.72. The highest BCUT2D eigenvalue weighted by Gasteiger charge is 2.54. The van der Waals surface area contributed by atoms with Crippen LogP contribution in [0.15, 0.2) is 42.0 Å². The van der Waals surface area contributed by atoms with E-state index in [-0.39, 0.29) is 29.9 Å². The molecule has 2 amide bonds. The summed E-state index contributed by atoms with van der Waals surface area (Å²) >= 11 is 0. The lowest BCUT2D eigenvalue weighted by Gasteiger charge is -2.29. The lowest BCUT2D eigenvalue weighted by molar-refractivity contribution is -0.127. The van der Waals surface area contributed by atoms with Crippen LogP contribution in [0.2, 0.25) is 0 Å². The van der Waals surface area contributed by atoms with Gasteiger partial charge in [-0.15, -0.1) is 0 Å². The summed E-state index contributed by atoms with van der Waals surface area (Å²) < 4.78 is 0. The molecule has 4 heteroatoms. The Kier molecular flexibility index (Phi) is 3.04. The van der Waals surface area contributed by atoms with Gasteiger partial charge in [0.25, 0.3) is 0 Å². The highest BCUT2D eigenvalue weighted by atomic mass is 16.2. The first-order valence-electron chi connectivity index (χ1n) is 7.07. The van der Waals surface area contributed by atoms with E-state index < -0.39 is 5.41 Å². The molecule has 4 nitrogen and oxygen atoms in total. The number of nitrogens with zero attached hydrogens (tertiary/aromatic N) is 1. The van der Waals surface area contributed by atoms with Gasteiger partial charge in [-0.3, -0.25) is 19.3 Å². The number of hydrogen-bond donors (Lipinski definition) is 0. The first kappa shape index (κ1) is 13.7. The van der Waals surface area contributed by atoms with Gasteiger partial charge in [-0.1, -0.05) is 23.8 Å². The van der Waals surface area contributed by atoms with Gasteiger partial charge in [-0.05, 0) is 32.1 Å². The molecule has 2 atom stereocenters. The third-order valence-corrected chi connectivity index (χ3v) is 4.59. The van der Waals surface area contributed by atoms with E-state index in [1.807, 2.05) is 13.0 Å². The van der Waals surface area contributed by atoms with Crippen LogP contribution in [0.25, 0.3) is 0 Å². The van der Waals surface area contributed by atoms with Gasteiger partial charge in [0.05, 0.1) is 11.1 Å². The van der Waals surface area contributed by atoms with E-state index in [4.69, 9.17) is 0 Å². The van der Waals surface area contributed by atoms with Crippen molar-refractivity contribution >= 4 is 23.3 Å². The molecule has 2 aliphatic rings. The van der Waals surface area contributed by atoms with Crippen molar-refractivity contribution in [3.8, 4) is 0 Å². The first-order valence-corrected chi connectivity index (χ1v) is 7.07. The van der Waals surface area contributed by atoms with Gasteiger partial charge in [-0.25, -0.2) is 0 Å². The number of amides is 2. The van der Waals surface area contributed by atoms with E-state index in [9.17, 15) is 14.4 Å². The highest BCUT2D eigenvalue weighted by molar-refractivity contribution is 6.22. The minimum Gasteiger partial charge on any atom is -0.295 e. The summed E-state index contributed by atoms with van der Waals surface area (Å²) in [6.07, 6.45) is 2.08. The molecule has 1 aromatic rings. The summed E-state index contributed by atoms with van der Waals surface area (Å²) in [7, 11) is 0. The van der Waals surface area contributed by atoms with E-state index in [0.29, 0.717) is 12.1 Å². The number of ketones is 1. The molecule has 0 aromatic heterocycles. The number of carbonyl (C=O) groups excluding carboxylic acids is 3. The summed E-state index contributed by atoms with van der Waals surface area (Å²) in [5.41, 5.74) is 0.681. The van der Waals surface area contributed by atoms with Crippen LogP contribution >= 0.6 is 0 Å². The molecular weight excluding hydrogens is 266 g/mol. The quantitative estimate of drug-likeness (QED) is 0.784. The number of rotatable bonds is 2. The number of carbonyl (C=O) groups is 3. The zero-order chi connectivity index (χ0) is 15.2. The third kappa shape index (κ3) is 2.02. The van der Waals surface area contributed by atoms with E-state index in [2.05, 4.69) is 0 Å². The van der Waals surface area contributed by atoms with Crippen LogP contribution in [0.5, 0.6) is 0 Å². The maximum absolute atomic E-state index is 12.8. The number of imide groups is 1. The molecule has 3 rings (SSSR count). The fraction of sp³-hybridized carbons (Fsp3) is 0.353.